The van der Waals surface area contributed by atoms with Crippen LogP contribution < -0.4 is 14.8 Å². The van der Waals surface area contributed by atoms with Gasteiger partial charge in [-0.3, -0.25) is 4.98 Å². The Labute approximate surface area is 193 Å². The first-order valence-corrected chi connectivity index (χ1v) is 10.8. The first kappa shape index (κ1) is 23.6. The lowest BCUT2D eigenvalue weighted by Crippen LogP contribution is -2.51. The summed E-state index contributed by atoms with van der Waals surface area (Å²) in [7, 11) is 2.98. The number of rotatable bonds is 8. The molecule has 1 aliphatic rings. The van der Waals surface area contributed by atoms with E-state index in [1.54, 1.807) is 36.0 Å². The SMILES string of the molecule is CCN(Cc1cc(-c2cn3ccnc3c(OC)n2)c(OC)cn1)C(=O)NC(C1CC1)C(F)(F)F. The summed E-state index contributed by atoms with van der Waals surface area (Å²) in [5.74, 6) is 0.194. The minimum Gasteiger partial charge on any atom is -0.494 e. The van der Waals surface area contributed by atoms with E-state index < -0.39 is 24.2 Å². The van der Waals surface area contributed by atoms with Crippen molar-refractivity contribution in [2.75, 3.05) is 20.8 Å². The number of nitrogens with one attached hydrogen (secondary N) is 1. The normalized spacial score (nSPS) is 14.6. The summed E-state index contributed by atoms with van der Waals surface area (Å²) in [5, 5.41) is 2.16. The van der Waals surface area contributed by atoms with E-state index >= 15 is 0 Å². The van der Waals surface area contributed by atoms with Crippen LogP contribution in [0.4, 0.5) is 18.0 Å². The number of nitrogens with zero attached hydrogens (tertiary/aromatic N) is 5. The van der Waals surface area contributed by atoms with Crippen LogP contribution in [0.1, 0.15) is 25.5 Å². The minimum atomic E-state index is -4.49. The van der Waals surface area contributed by atoms with Crippen molar-refractivity contribution in [3.8, 4) is 22.9 Å². The number of aromatic nitrogens is 4. The van der Waals surface area contributed by atoms with Crippen LogP contribution in [-0.4, -0.2) is 63.3 Å². The van der Waals surface area contributed by atoms with Gasteiger partial charge in [0, 0.05) is 30.7 Å². The topological polar surface area (TPSA) is 93.9 Å². The molecule has 0 aliphatic heterocycles. The Kier molecular flexibility index (Phi) is 6.49. The molecule has 0 spiro atoms. The fraction of sp³-hybridized carbons (Fsp3) is 0.455. The Hall–Kier alpha value is -3.57. The predicted octanol–water partition coefficient (Wildman–Crippen LogP) is 3.68. The molecular formula is C22H25F3N6O3. The number of halogens is 3. The van der Waals surface area contributed by atoms with Gasteiger partial charge in [0.2, 0.25) is 0 Å². The Morgan fingerprint density at radius 2 is 2.06 bits per heavy atom. The molecule has 3 heterocycles. The maximum Gasteiger partial charge on any atom is 0.408 e. The van der Waals surface area contributed by atoms with Gasteiger partial charge in [-0.05, 0) is 31.7 Å². The Morgan fingerprint density at radius 3 is 2.68 bits per heavy atom. The maximum atomic E-state index is 13.4. The second kappa shape index (κ2) is 9.35. The van der Waals surface area contributed by atoms with Gasteiger partial charge < -0.3 is 24.1 Å². The third-order valence-electron chi connectivity index (χ3n) is 5.70. The van der Waals surface area contributed by atoms with Crippen LogP contribution >= 0.6 is 0 Å². The number of carbonyl (C=O) groups excluding carboxylic acids is 1. The fourth-order valence-electron chi connectivity index (χ4n) is 3.75. The number of hydrogen-bond donors (Lipinski definition) is 1. The number of fused-ring (bicyclic) bond motifs is 1. The highest BCUT2D eigenvalue weighted by atomic mass is 19.4. The molecule has 0 saturated heterocycles. The Balaban J connectivity index is 1.60. The molecule has 3 aromatic rings. The van der Waals surface area contributed by atoms with E-state index in [0.717, 1.165) is 0 Å². The van der Waals surface area contributed by atoms with E-state index in [1.807, 2.05) is 0 Å². The number of imidazole rings is 1. The average molecular weight is 478 g/mol. The molecule has 1 N–H and O–H groups in total. The summed E-state index contributed by atoms with van der Waals surface area (Å²) in [5.41, 5.74) is 2.11. The molecule has 12 heteroatoms. The van der Waals surface area contributed by atoms with Crippen molar-refractivity contribution in [3.05, 3.63) is 36.5 Å². The van der Waals surface area contributed by atoms with Crippen LogP contribution in [0, 0.1) is 5.92 Å². The summed E-state index contributed by atoms with van der Waals surface area (Å²) in [6.07, 6.45) is 3.03. The lowest BCUT2D eigenvalue weighted by atomic mass is 10.1. The number of pyridine rings is 1. The van der Waals surface area contributed by atoms with E-state index in [4.69, 9.17) is 9.47 Å². The number of methoxy groups -OCH3 is 2. The predicted molar refractivity (Wildman–Crippen MR) is 117 cm³/mol. The first-order chi connectivity index (χ1) is 16.2. The van der Waals surface area contributed by atoms with Crippen molar-refractivity contribution < 1.29 is 27.4 Å². The van der Waals surface area contributed by atoms with Gasteiger partial charge >= 0.3 is 12.2 Å². The molecule has 0 aromatic carbocycles. The van der Waals surface area contributed by atoms with Gasteiger partial charge in [0.05, 0.1) is 38.3 Å². The summed E-state index contributed by atoms with van der Waals surface area (Å²) >= 11 is 0. The first-order valence-electron chi connectivity index (χ1n) is 10.8. The molecular weight excluding hydrogens is 453 g/mol. The second-order valence-corrected chi connectivity index (χ2v) is 7.99. The molecule has 182 valence electrons. The van der Waals surface area contributed by atoms with Crippen molar-refractivity contribution in [3.63, 3.8) is 0 Å². The van der Waals surface area contributed by atoms with Gasteiger partial charge in [0.25, 0.3) is 5.88 Å². The average Bonchev–Trinajstić information content (AvgIpc) is 3.54. The van der Waals surface area contributed by atoms with Crippen molar-refractivity contribution in [2.24, 2.45) is 5.92 Å². The fourth-order valence-corrected chi connectivity index (χ4v) is 3.75. The van der Waals surface area contributed by atoms with Gasteiger partial charge in [-0.25, -0.2) is 14.8 Å². The van der Waals surface area contributed by atoms with E-state index in [1.165, 1.54) is 25.3 Å². The summed E-state index contributed by atoms with van der Waals surface area (Å²) in [4.78, 5) is 27.0. The number of urea groups is 1. The van der Waals surface area contributed by atoms with Crippen molar-refractivity contribution in [2.45, 2.75) is 38.5 Å². The van der Waals surface area contributed by atoms with Crippen LogP contribution in [0.15, 0.2) is 30.9 Å². The van der Waals surface area contributed by atoms with E-state index in [-0.39, 0.29) is 13.1 Å². The van der Waals surface area contributed by atoms with Crippen molar-refractivity contribution in [1.82, 2.24) is 29.6 Å². The highest BCUT2D eigenvalue weighted by molar-refractivity contribution is 5.75. The molecule has 0 radical (unpaired) electrons. The zero-order chi connectivity index (χ0) is 24.5. The number of alkyl halides is 3. The van der Waals surface area contributed by atoms with Gasteiger partial charge in [-0.2, -0.15) is 13.2 Å². The molecule has 0 bridgehead atoms. The van der Waals surface area contributed by atoms with Gasteiger partial charge in [-0.1, -0.05) is 0 Å². The number of ether oxygens (including phenoxy) is 2. The van der Waals surface area contributed by atoms with Crippen LogP contribution in [0.2, 0.25) is 0 Å². The van der Waals surface area contributed by atoms with Crippen molar-refractivity contribution >= 4 is 11.7 Å². The lowest BCUT2D eigenvalue weighted by Gasteiger charge is -2.27. The van der Waals surface area contributed by atoms with Crippen molar-refractivity contribution in [1.29, 1.82) is 0 Å². The highest BCUT2D eigenvalue weighted by Gasteiger charge is 2.50. The molecule has 2 amide bonds. The van der Waals surface area contributed by atoms with E-state index in [0.29, 0.717) is 47.1 Å². The summed E-state index contributed by atoms with van der Waals surface area (Å²) in [6, 6.07) is -0.927. The molecule has 1 aliphatic carbocycles. The van der Waals surface area contributed by atoms with E-state index in [9.17, 15) is 18.0 Å². The third-order valence-corrected chi connectivity index (χ3v) is 5.70. The molecule has 1 saturated carbocycles. The molecule has 34 heavy (non-hydrogen) atoms. The van der Waals surface area contributed by atoms with Crippen LogP contribution in [-0.2, 0) is 6.54 Å². The number of hydrogen-bond acceptors (Lipinski definition) is 6. The van der Waals surface area contributed by atoms with E-state index in [2.05, 4.69) is 20.3 Å². The molecule has 3 aromatic heterocycles. The molecule has 1 atom stereocenters. The third kappa shape index (κ3) is 4.85. The highest BCUT2D eigenvalue weighted by Crippen LogP contribution is 2.40. The Bertz CT molecular complexity index is 1180. The number of carbonyl (C=O) groups is 1. The van der Waals surface area contributed by atoms with Crippen LogP contribution in [0.3, 0.4) is 0 Å². The monoisotopic (exact) mass is 478 g/mol. The second-order valence-electron chi connectivity index (χ2n) is 7.99. The number of amides is 2. The van der Waals surface area contributed by atoms with Gasteiger partial charge in [-0.15, -0.1) is 0 Å². The summed E-state index contributed by atoms with van der Waals surface area (Å²) in [6.45, 7) is 1.92. The molecule has 1 unspecified atom stereocenters. The Morgan fingerprint density at radius 1 is 1.29 bits per heavy atom. The molecule has 4 rings (SSSR count). The quantitative estimate of drug-likeness (QED) is 0.531. The lowest BCUT2D eigenvalue weighted by molar-refractivity contribution is -0.158. The zero-order valence-corrected chi connectivity index (χ0v) is 19.0. The molecule has 1 fully saturated rings. The molecule has 9 nitrogen and oxygen atoms in total. The van der Waals surface area contributed by atoms with Crippen LogP contribution in [0.5, 0.6) is 11.6 Å². The van der Waals surface area contributed by atoms with Crippen LogP contribution in [0.25, 0.3) is 16.9 Å². The van der Waals surface area contributed by atoms with Gasteiger partial charge in [0.15, 0.2) is 5.65 Å². The minimum absolute atomic E-state index is 0.0129. The van der Waals surface area contributed by atoms with Gasteiger partial charge in [0.1, 0.15) is 11.8 Å². The largest absolute Gasteiger partial charge is 0.494 e. The standard InChI is InChI=1S/C22H25F3N6O3/c1-4-30(21(32)29-18(13-5-6-13)22(23,24)25)11-14-9-15(17(33-2)10-27-14)16-12-31-8-7-26-19(31)20(28-16)34-3/h7-10,12-13,18H,4-6,11H2,1-3H3,(H,29,32). The maximum absolute atomic E-state index is 13.4. The smallest absolute Gasteiger partial charge is 0.408 e. The summed E-state index contributed by atoms with van der Waals surface area (Å²) < 4.78 is 52.6. The zero-order valence-electron chi connectivity index (χ0n) is 19.0.